The summed E-state index contributed by atoms with van der Waals surface area (Å²) in [4.78, 5) is 20.1. The van der Waals surface area contributed by atoms with Crippen molar-refractivity contribution >= 4 is 17.9 Å². The first-order chi connectivity index (χ1) is 6.84. The molecule has 0 rings (SSSR count). The molecule has 8 nitrogen and oxygen atoms in total. The van der Waals surface area contributed by atoms with E-state index in [9.17, 15) is 4.79 Å². The third-order valence-electron chi connectivity index (χ3n) is 1.26. The van der Waals surface area contributed by atoms with Gasteiger partial charge < -0.3 is 26.3 Å². The Kier molecular flexibility index (Phi) is 5.10. The van der Waals surface area contributed by atoms with Gasteiger partial charge in [0.2, 0.25) is 0 Å². The summed E-state index contributed by atoms with van der Waals surface area (Å²) in [6.07, 6.45) is -1.27. The van der Waals surface area contributed by atoms with Gasteiger partial charge in [0.15, 0.2) is 12.1 Å². The van der Waals surface area contributed by atoms with Crippen molar-refractivity contribution in [2.24, 2.45) is 21.6 Å². The largest absolute Gasteiger partial charge is 0.382 e. The Balaban J connectivity index is 4.34. The number of hydrogen-bond donors (Lipinski definition) is 3. The summed E-state index contributed by atoms with van der Waals surface area (Å²) in [6, 6.07) is 0. The van der Waals surface area contributed by atoms with Crippen LogP contribution in [-0.4, -0.2) is 48.1 Å². The third-order valence-corrected chi connectivity index (χ3v) is 1.26. The summed E-state index contributed by atoms with van der Waals surface area (Å²) in [7, 11) is 3.32. The van der Waals surface area contributed by atoms with Crippen molar-refractivity contribution < 1.29 is 14.7 Å². The molecule has 86 valence electrons. The maximum absolute atomic E-state index is 10.7. The zero-order valence-electron chi connectivity index (χ0n) is 8.84. The van der Waals surface area contributed by atoms with Crippen LogP contribution in [-0.2, 0) is 9.63 Å². The molecule has 1 atom stereocenters. The first kappa shape index (κ1) is 13.2. The van der Waals surface area contributed by atoms with E-state index in [1.165, 1.54) is 11.8 Å². The van der Waals surface area contributed by atoms with Crippen LogP contribution < -0.4 is 11.5 Å². The monoisotopic (exact) mass is 217 g/mol. The number of aliphatic hydroxyl groups is 1. The average molecular weight is 217 g/mol. The van der Waals surface area contributed by atoms with E-state index in [2.05, 4.69) is 15.0 Å². The smallest absolute Gasteiger partial charge is 0.363 e. The number of carbonyl (C=O) groups excluding carboxylic acids is 1. The number of aliphatic imine (C=N–C) groups is 1. The molecule has 0 saturated heterocycles. The van der Waals surface area contributed by atoms with E-state index in [1.807, 2.05) is 0 Å². The molecule has 0 bridgehead atoms. The Morgan fingerprint density at radius 3 is 2.40 bits per heavy atom. The van der Waals surface area contributed by atoms with Crippen LogP contribution in [0, 0.1) is 0 Å². The number of nitrogens with two attached hydrogens (primary N) is 2. The first-order valence-corrected chi connectivity index (χ1v) is 4.08. The molecule has 0 aromatic heterocycles. The van der Waals surface area contributed by atoms with E-state index in [1.54, 1.807) is 14.1 Å². The van der Waals surface area contributed by atoms with Gasteiger partial charge in [0, 0.05) is 14.1 Å². The zero-order valence-corrected chi connectivity index (χ0v) is 8.84. The van der Waals surface area contributed by atoms with Crippen LogP contribution in [0.25, 0.3) is 0 Å². The highest BCUT2D eigenvalue weighted by atomic mass is 16.7. The summed E-state index contributed by atoms with van der Waals surface area (Å²) in [6.45, 7) is 1.24. The van der Waals surface area contributed by atoms with Crippen LogP contribution in [0.5, 0.6) is 0 Å². The predicted molar refractivity (Wildman–Crippen MR) is 54.7 cm³/mol. The van der Waals surface area contributed by atoms with Crippen molar-refractivity contribution in [3.8, 4) is 0 Å². The molecule has 8 heteroatoms. The van der Waals surface area contributed by atoms with Crippen LogP contribution >= 0.6 is 0 Å². The lowest BCUT2D eigenvalue weighted by Crippen LogP contribution is -2.32. The van der Waals surface area contributed by atoms with Gasteiger partial charge in [-0.15, -0.1) is 0 Å². The van der Waals surface area contributed by atoms with Gasteiger partial charge in [-0.05, 0) is 12.1 Å². The van der Waals surface area contributed by atoms with Gasteiger partial charge in [-0.25, -0.2) is 4.79 Å². The number of nitrogens with zero attached hydrogens (tertiary/aromatic N) is 3. The molecule has 0 amide bonds. The van der Waals surface area contributed by atoms with Crippen molar-refractivity contribution in [2.45, 2.75) is 13.0 Å². The molecular weight excluding hydrogens is 202 g/mol. The van der Waals surface area contributed by atoms with Gasteiger partial charge in [0.25, 0.3) is 5.96 Å². The van der Waals surface area contributed by atoms with Gasteiger partial charge in [0.1, 0.15) is 0 Å². The fourth-order valence-corrected chi connectivity index (χ4v) is 0.406. The molecular formula is C7H15N5O3. The Morgan fingerprint density at radius 1 is 1.47 bits per heavy atom. The van der Waals surface area contributed by atoms with Crippen molar-refractivity contribution in [1.82, 2.24) is 4.90 Å². The molecule has 5 N–H and O–H groups in total. The zero-order chi connectivity index (χ0) is 12.0. The molecule has 0 aliphatic heterocycles. The SMILES string of the molecule is CC(O)C(=O)O/N=C(N)\N=C(\N)N(C)C. The molecule has 0 heterocycles. The molecule has 0 aromatic rings. The van der Waals surface area contributed by atoms with Crippen molar-refractivity contribution in [3.63, 3.8) is 0 Å². The molecule has 15 heavy (non-hydrogen) atoms. The minimum atomic E-state index is -1.27. The summed E-state index contributed by atoms with van der Waals surface area (Å²) in [5, 5.41) is 11.9. The Morgan fingerprint density at radius 2 is 2.00 bits per heavy atom. The number of oxime groups is 1. The van der Waals surface area contributed by atoms with Crippen LogP contribution in [0.4, 0.5) is 0 Å². The van der Waals surface area contributed by atoms with E-state index in [4.69, 9.17) is 16.6 Å². The van der Waals surface area contributed by atoms with Crippen molar-refractivity contribution in [1.29, 1.82) is 0 Å². The highest BCUT2D eigenvalue weighted by Gasteiger charge is 2.10. The number of hydrogen-bond acceptors (Lipinski definition) is 4. The second kappa shape index (κ2) is 5.81. The molecule has 0 aliphatic rings. The lowest BCUT2D eigenvalue weighted by molar-refractivity contribution is -0.152. The average Bonchev–Trinajstić information content (AvgIpc) is 2.13. The Hall–Kier alpha value is -1.83. The Bertz CT molecular complexity index is 284. The van der Waals surface area contributed by atoms with Gasteiger partial charge in [0.05, 0.1) is 0 Å². The minimum Gasteiger partial charge on any atom is -0.382 e. The Labute approximate surface area is 87.2 Å². The van der Waals surface area contributed by atoms with Crippen molar-refractivity contribution in [3.05, 3.63) is 0 Å². The lowest BCUT2D eigenvalue weighted by Gasteiger charge is -2.09. The van der Waals surface area contributed by atoms with Crippen LogP contribution in [0.2, 0.25) is 0 Å². The van der Waals surface area contributed by atoms with Crippen LogP contribution in [0.15, 0.2) is 10.1 Å². The molecule has 0 fully saturated rings. The van der Waals surface area contributed by atoms with E-state index in [-0.39, 0.29) is 11.9 Å². The second-order valence-corrected chi connectivity index (χ2v) is 2.90. The summed E-state index contributed by atoms with van der Waals surface area (Å²) >= 11 is 0. The highest BCUT2D eigenvalue weighted by molar-refractivity contribution is 5.93. The number of aliphatic hydroxyl groups excluding tert-OH is 1. The van der Waals surface area contributed by atoms with E-state index in [0.717, 1.165) is 0 Å². The van der Waals surface area contributed by atoms with E-state index < -0.39 is 12.1 Å². The third kappa shape index (κ3) is 5.47. The standard InChI is InChI=1S/C7H15N5O3/c1-4(13)5(14)15-11-6(8)10-7(9)12(2)3/h4,13H,1-3H3,(H4,8,9,10,11). The van der Waals surface area contributed by atoms with Crippen molar-refractivity contribution in [2.75, 3.05) is 14.1 Å². The van der Waals surface area contributed by atoms with Crippen LogP contribution in [0.1, 0.15) is 6.92 Å². The number of guanidine groups is 2. The second-order valence-electron chi connectivity index (χ2n) is 2.90. The molecule has 0 radical (unpaired) electrons. The minimum absolute atomic E-state index is 0.115. The first-order valence-electron chi connectivity index (χ1n) is 4.08. The van der Waals surface area contributed by atoms with Gasteiger partial charge in [-0.2, -0.15) is 4.99 Å². The molecule has 1 unspecified atom stereocenters. The fourth-order valence-electron chi connectivity index (χ4n) is 0.406. The molecule has 0 saturated carbocycles. The van der Waals surface area contributed by atoms with Gasteiger partial charge >= 0.3 is 5.97 Å². The number of carbonyl (C=O) groups is 1. The van der Waals surface area contributed by atoms with E-state index in [0.29, 0.717) is 0 Å². The predicted octanol–water partition coefficient (Wildman–Crippen LogP) is -1.98. The number of rotatable bonds is 2. The maximum atomic E-state index is 10.7. The summed E-state index contributed by atoms with van der Waals surface area (Å²) < 4.78 is 0. The van der Waals surface area contributed by atoms with E-state index >= 15 is 0 Å². The normalized spacial score (nSPS) is 14.7. The highest BCUT2D eigenvalue weighted by Crippen LogP contribution is 1.88. The summed E-state index contributed by atoms with van der Waals surface area (Å²) in [5.41, 5.74) is 10.7. The lowest BCUT2D eigenvalue weighted by atomic mass is 10.4. The van der Waals surface area contributed by atoms with Gasteiger partial charge in [-0.3, -0.25) is 0 Å². The quantitative estimate of drug-likeness (QED) is 0.213. The molecule has 0 aliphatic carbocycles. The van der Waals surface area contributed by atoms with Crippen LogP contribution in [0.3, 0.4) is 0 Å². The summed E-state index contributed by atoms with van der Waals surface area (Å²) in [5.74, 6) is -1.11. The maximum Gasteiger partial charge on any atom is 0.363 e. The fraction of sp³-hybridized carbons (Fsp3) is 0.571. The molecule has 0 spiro atoms. The topological polar surface area (TPSA) is 127 Å². The molecule has 0 aromatic carbocycles. The van der Waals surface area contributed by atoms with Gasteiger partial charge in [-0.1, -0.05) is 0 Å².